The van der Waals surface area contributed by atoms with Crippen LogP contribution in [0, 0.1) is 0 Å². The van der Waals surface area contributed by atoms with E-state index in [9.17, 15) is 0 Å². The number of benzene rings is 2. The second-order valence-electron chi connectivity index (χ2n) is 8.11. The molecule has 7 nitrogen and oxygen atoms in total. The lowest BCUT2D eigenvalue weighted by atomic mass is 10.1. The van der Waals surface area contributed by atoms with Gasteiger partial charge in [0, 0.05) is 44.7 Å². The Morgan fingerprint density at radius 3 is 2.46 bits per heavy atom. The molecular formula is C28H19ClN6OS. The number of halogens is 1. The van der Waals surface area contributed by atoms with Gasteiger partial charge >= 0.3 is 0 Å². The number of hydrogen-bond acceptors (Lipinski definition) is 8. The molecule has 0 unspecified atom stereocenters. The first kappa shape index (κ1) is 23.1. The van der Waals surface area contributed by atoms with Gasteiger partial charge in [0.2, 0.25) is 0 Å². The first-order valence-electron chi connectivity index (χ1n) is 11.4. The second kappa shape index (κ2) is 10.0. The molecule has 4 heterocycles. The molecule has 0 fully saturated rings. The fourth-order valence-electron chi connectivity index (χ4n) is 3.95. The van der Waals surface area contributed by atoms with Crippen molar-refractivity contribution in [2.24, 2.45) is 0 Å². The lowest BCUT2D eigenvalue weighted by Gasteiger charge is -2.11. The number of pyridine rings is 3. The van der Waals surface area contributed by atoms with E-state index in [0.29, 0.717) is 22.3 Å². The Balaban J connectivity index is 1.26. The number of rotatable bonds is 6. The van der Waals surface area contributed by atoms with Gasteiger partial charge in [-0.15, -0.1) is 10.2 Å². The van der Waals surface area contributed by atoms with E-state index in [0.717, 1.165) is 43.0 Å². The van der Waals surface area contributed by atoms with Crippen molar-refractivity contribution in [3.63, 3.8) is 0 Å². The van der Waals surface area contributed by atoms with Gasteiger partial charge in [-0.3, -0.25) is 9.97 Å². The average molecular weight is 523 g/mol. The molecule has 0 spiro atoms. The van der Waals surface area contributed by atoms with E-state index >= 15 is 0 Å². The summed E-state index contributed by atoms with van der Waals surface area (Å²) in [6.07, 6.45) is 5.11. The number of nitrogens with one attached hydrogen (secondary N) is 1. The monoisotopic (exact) mass is 522 g/mol. The molecule has 37 heavy (non-hydrogen) atoms. The molecule has 0 bridgehead atoms. The number of aromatic nitrogens is 5. The summed E-state index contributed by atoms with van der Waals surface area (Å²) < 4.78 is 5.27. The number of fused-ring (bicyclic) bond motifs is 2. The Kier molecular flexibility index (Phi) is 6.26. The SMILES string of the molecule is COc1cnc2c(Sc3ccc(Nc4nnc(-c5ccc(Cl)cn5)c5ccccc45)cc3)ccnc2c1. The molecule has 0 saturated heterocycles. The van der Waals surface area contributed by atoms with Crippen molar-refractivity contribution in [3.8, 4) is 17.1 Å². The predicted octanol–water partition coefficient (Wildman–Crippen LogP) is 7.19. The van der Waals surface area contributed by atoms with Crippen LogP contribution in [0.2, 0.25) is 5.02 Å². The van der Waals surface area contributed by atoms with Gasteiger partial charge in [-0.25, -0.2) is 4.98 Å². The third-order valence-electron chi connectivity index (χ3n) is 5.75. The average Bonchev–Trinajstić information content (AvgIpc) is 2.95. The molecule has 4 aromatic heterocycles. The maximum atomic E-state index is 6.01. The van der Waals surface area contributed by atoms with Crippen molar-refractivity contribution in [1.82, 2.24) is 25.1 Å². The summed E-state index contributed by atoms with van der Waals surface area (Å²) in [4.78, 5) is 15.5. The highest BCUT2D eigenvalue weighted by atomic mass is 35.5. The van der Waals surface area contributed by atoms with Crippen LogP contribution in [-0.4, -0.2) is 32.3 Å². The molecule has 0 aliphatic heterocycles. The maximum Gasteiger partial charge on any atom is 0.161 e. The van der Waals surface area contributed by atoms with E-state index in [4.69, 9.17) is 16.3 Å². The van der Waals surface area contributed by atoms with Gasteiger partial charge in [0.25, 0.3) is 0 Å². The van der Waals surface area contributed by atoms with Crippen LogP contribution >= 0.6 is 23.4 Å². The van der Waals surface area contributed by atoms with Crippen LogP contribution in [-0.2, 0) is 0 Å². The zero-order valence-corrected chi connectivity index (χ0v) is 21.2. The quantitative estimate of drug-likeness (QED) is 0.246. The van der Waals surface area contributed by atoms with E-state index in [-0.39, 0.29) is 0 Å². The summed E-state index contributed by atoms with van der Waals surface area (Å²) in [6, 6.07) is 23.7. The summed E-state index contributed by atoms with van der Waals surface area (Å²) in [5.74, 6) is 1.36. The molecule has 1 N–H and O–H groups in total. The van der Waals surface area contributed by atoms with Gasteiger partial charge < -0.3 is 10.1 Å². The van der Waals surface area contributed by atoms with Gasteiger partial charge in [-0.2, -0.15) is 0 Å². The Morgan fingerprint density at radius 2 is 1.68 bits per heavy atom. The highest BCUT2D eigenvalue weighted by Gasteiger charge is 2.13. The minimum atomic E-state index is 0.578. The zero-order valence-electron chi connectivity index (χ0n) is 19.6. The molecule has 0 saturated carbocycles. The molecule has 0 aliphatic rings. The molecule has 6 aromatic rings. The number of nitrogens with zero attached hydrogens (tertiary/aromatic N) is 5. The van der Waals surface area contributed by atoms with E-state index in [1.165, 1.54) is 0 Å². The first-order chi connectivity index (χ1) is 18.2. The van der Waals surface area contributed by atoms with Crippen LogP contribution in [0.25, 0.3) is 33.2 Å². The van der Waals surface area contributed by atoms with Gasteiger partial charge in [-0.05, 0) is 42.5 Å². The van der Waals surface area contributed by atoms with Crippen LogP contribution in [0.1, 0.15) is 0 Å². The summed E-state index contributed by atoms with van der Waals surface area (Å²) in [6.45, 7) is 0. The summed E-state index contributed by atoms with van der Waals surface area (Å²) in [7, 11) is 1.62. The largest absolute Gasteiger partial charge is 0.495 e. The number of ether oxygens (including phenoxy) is 1. The lowest BCUT2D eigenvalue weighted by molar-refractivity contribution is 0.413. The summed E-state index contributed by atoms with van der Waals surface area (Å²) in [5, 5.41) is 14.8. The summed E-state index contributed by atoms with van der Waals surface area (Å²) >= 11 is 7.64. The minimum Gasteiger partial charge on any atom is -0.495 e. The predicted molar refractivity (Wildman–Crippen MR) is 148 cm³/mol. The zero-order chi connectivity index (χ0) is 25.2. The fraction of sp³-hybridized carbons (Fsp3) is 0.0357. The number of methoxy groups -OCH3 is 1. The minimum absolute atomic E-state index is 0.578. The second-order valence-corrected chi connectivity index (χ2v) is 9.66. The van der Waals surface area contributed by atoms with E-state index in [1.807, 2.05) is 54.6 Å². The van der Waals surface area contributed by atoms with Crippen LogP contribution in [0.15, 0.2) is 101 Å². The van der Waals surface area contributed by atoms with Crippen LogP contribution < -0.4 is 10.1 Å². The Morgan fingerprint density at radius 1 is 0.838 bits per heavy atom. The Labute approximate surface area is 221 Å². The molecule has 9 heteroatoms. The van der Waals surface area contributed by atoms with E-state index < -0.39 is 0 Å². The normalized spacial score (nSPS) is 11.1. The van der Waals surface area contributed by atoms with Gasteiger partial charge in [0.05, 0.1) is 29.5 Å². The number of anilines is 2. The fourth-order valence-corrected chi connectivity index (χ4v) is 4.97. The third kappa shape index (κ3) is 4.76. The maximum absolute atomic E-state index is 6.01. The highest BCUT2D eigenvalue weighted by Crippen LogP contribution is 2.34. The molecule has 2 aromatic carbocycles. The van der Waals surface area contributed by atoms with Crippen molar-refractivity contribution in [1.29, 1.82) is 0 Å². The molecule has 0 atom stereocenters. The molecular weight excluding hydrogens is 504 g/mol. The van der Waals surface area contributed by atoms with E-state index in [1.54, 1.807) is 43.5 Å². The van der Waals surface area contributed by atoms with E-state index in [2.05, 4.69) is 42.6 Å². The highest BCUT2D eigenvalue weighted by molar-refractivity contribution is 7.99. The molecule has 0 aliphatic carbocycles. The van der Waals surface area contributed by atoms with Crippen LogP contribution in [0.3, 0.4) is 0 Å². The van der Waals surface area contributed by atoms with Gasteiger partial charge in [-0.1, -0.05) is 47.6 Å². The van der Waals surface area contributed by atoms with Crippen molar-refractivity contribution < 1.29 is 4.74 Å². The van der Waals surface area contributed by atoms with Crippen molar-refractivity contribution in [2.75, 3.05) is 12.4 Å². The molecule has 0 radical (unpaired) electrons. The third-order valence-corrected chi connectivity index (χ3v) is 7.03. The molecule has 0 amide bonds. The van der Waals surface area contributed by atoms with Crippen molar-refractivity contribution >= 4 is 56.7 Å². The Hall–Kier alpha value is -4.27. The summed E-state index contributed by atoms with van der Waals surface area (Å²) in [5.41, 5.74) is 3.97. The first-order valence-corrected chi connectivity index (χ1v) is 12.6. The van der Waals surface area contributed by atoms with Crippen molar-refractivity contribution in [3.05, 3.63) is 96.4 Å². The number of hydrogen-bond donors (Lipinski definition) is 1. The lowest BCUT2D eigenvalue weighted by Crippen LogP contribution is -1.99. The van der Waals surface area contributed by atoms with Gasteiger partial charge in [0.15, 0.2) is 5.82 Å². The smallest absolute Gasteiger partial charge is 0.161 e. The Bertz CT molecular complexity index is 1730. The van der Waals surface area contributed by atoms with Crippen molar-refractivity contribution in [2.45, 2.75) is 9.79 Å². The van der Waals surface area contributed by atoms with Gasteiger partial charge in [0.1, 0.15) is 17.0 Å². The standard InChI is InChI=1S/C28H19ClN6OS/c1-36-19-14-24-27(32-16-19)25(12-13-30-24)37-20-9-7-18(8-10-20)33-28-22-5-3-2-4-21(22)26(34-35-28)23-11-6-17(29)15-31-23/h2-16H,1H3,(H,33,35). The topological polar surface area (TPSA) is 85.7 Å². The molecule has 6 rings (SSSR count). The molecule has 180 valence electrons. The van der Waals surface area contributed by atoms with Crippen LogP contribution in [0.5, 0.6) is 5.75 Å². The van der Waals surface area contributed by atoms with Crippen LogP contribution in [0.4, 0.5) is 11.5 Å².